The van der Waals surface area contributed by atoms with Crippen molar-refractivity contribution in [1.29, 1.82) is 0 Å². The van der Waals surface area contributed by atoms with Gasteiger partial charge in [-0.25, -0.2) is 4.31 Å². The van der Waals surface area contributed by atoms with Gasteiger partial charge in [-0.05, 0) is 79.9 Å². The molecule has 1 aliphatic heterocycles. The summed E-state index contributed by atoms with van der Waals surface area (Å²) >= 11 is 5.57. The van der Waals surface area contributed by atoms with Crippen LogP contribution in [-0.4, -0.2) is 30.0 Å². The van der Waals surface area contributed by atoms with E-state index in [1.165, 1.54) is 27.8 Å². The lowest BCUT2D eigenvalue weighted by molar-refractivity contribution is 0.319. The fourth-order valence-electron chi connectivity index (χ4n) is 3.73. The van der Waals surface area contributed by atoms with E-state index in [1.54, 1.807) is 0 Å². The third-order valence-corrected chi connectivity index (χ3v) is 7.45. The van der Waals surface area contributed by atoms with Gasteiger partial charge >= 0.3 is 0 Å². The van der Waals surface area contributed by atoms with Crippen molar-refractivity contribution in [1.82, 2.24) is 9.62 Å². The summed E-state index contributed by atoms with van der Waals surface area (Å²) in [6.07, 6.45) is 3.76. The molecular formula is C21H26BrN3S. The van der Waals surface area contributed by atoms with Crippen LogP contribution in [0.25, 0.3) is 0 Å². The molecule has 1 unspecified atom stereocenters. The molecule has 0 amide bonds. The molecule has 0 aromatic heterocycles. The first-order chi connectivity index (χ1) is 12.7. The van der Waals surface area contributed by atoms with E-state index in [0.717, 1.165) is 31.7 Å². The van der Waals surface area contributed by atoms with Crippen molar-refractivity contribution in [2.45, 2.75) is 30.2 Å². The normalized spacial score (nSPS) is 22.8. The predicted octanol–water partition coefficient (Wildman–Crippen LogP) is 4.58. The molecule has 2 aromatic rings. The molecule has 2 aliphatic rings. The zero-order valence-electron chi connectivity index (χ0n) is 14.9. The molecule has 4 rings (SSSR count). The van der Waals surface area contributed by atoms with E-state index in [2.05, 4.69) is 62.0 Å². The Hall–Kier alpha value is -1.01. The minimum Gasteiger partial charge on any atom is -0.398 e. The first kappa shape index (κ1) is 18.4. The number of nitrogens with two attached hydrogens (primary N) is 1. The first-order valence-electron chi connectivity index (χ1n) is 9.44. The summed E-state index contributed by atoms with van der Waals surface area (Å²) in [7, 11) is 0. The molecule has 3 nitrogen and oxygen atoms in total. The van der Waals surface area contributed by atoms with Crippen LogP contribution < -0.4 is 11.1 Å². The van der Waals surface area contributed by atoms with Gasteiger partial charge in [0, 0.05) is 27.6 Å². The van der Waals surface area contributed by atoms with Crippen LogP contribution in [0.15, 0.2) is 57.9 Å². The average molecular weight is 432 g/mol. The Morgan fingerprint density at radius 1 is 1.04 bits per heavy atom. The molecule has 1 aliphatic carbocycles. The molecule has 3 N–H and O–H groups in total. The fourth-order valence-corrected chi connectivity index (χ4v) is 5.37. The topological polar surface area (TPSA) is 41.3 Å². The second-order valence-corrected chi connectivity index (χ2v) is 9.38. The number of para-hydroxylation sites is 1. The van der Waals surface area contributed by atoms with E-state index in [9.17, 15) is 0 Å². The Morgan fingerprint density at radius 2 is 1.77 bits per heavy atom. The highest BCUT2D eigenvalue weighted by Gasteiger charge is 2.35. The van der Waals surface area contributed by atoms with Gasteiger partial charge in [0.2, 0.25) is 0 Å². The highest BCUT2D eigenvalue weighted by atomic mass is 79.9. The Bertz CT molecular complexity index is 750. The summed E-state index contributed by atoms with van der Waals surface area (Å²) in [5.41, 5.74) is 8.49. The lowest BCUT2D eigenvalue weighted by Gasteiger charge is -2.27. The molecule has 5 heteroatoms. The zero-order chi connectivity index (χ0) is 17.9. The minimum atomic E-state index is 0.681. The quantitative estimate of drug-likeness (QED) is 0.497. The Kier molecular flexibility index (Phi) is 5.89. The highest BCUT2D eigenvalue weighted by molar-refractivity contribution is 9.10. The molecular weight excluding hydrogens is 406 g/mol. The molecule has 2 fully saturated rings. The summed E-state index contributed by atoms with van der Waals surface area (Å²) < 4.78 is 3.83. The van der Waals surface area contributed by atoms with Crippen LogP contribution in [0.1, 0.15) is 18.4 Å². The summed E-state index contributed by atoms with van der Waals surface area (Å²) in [6.45, 7) is 3.36. The van der Waals surface area contributed by atoms with E-state index in [4.69, 9.17) is 5.73 Å². The lowest BCUT2D eigenvalue weighted by Crippen LogP contribution is -2.30. The van der Waals surface area contributed by atoms with Crippen LogP contribution in [0.3, 0.4) is 0 Å². The molecule has 138 valence electrons. The van der Waals surface area contributed by atoms with Crippen molar-refractivity contribution < 1.29 is 0 Å². The van der Waals surface area contributed by atoms with Crippen LogP contribution in [0.5, 0.6) is 0 Å². The van der Waals surface area contributed by atoms with Crippen LogP contribution in [-0.2, 0) is 6.42 Å². The first-order valence-corrected chi connectivity index (χ1v) is 11.0. The van der Waals surface area contributed by atoms with Crippen molar-refractivity contribution in [3.05, 3.63) is 58.6 Å². The smallest absolute Gasteiger partial charge is 0.0465 e. The second-order valence-electron chi connectivity index (χ2n) is 7.43. The van der Waals surface area contributed by atoms with Crippen molar-refractivity contribution in [3.8, 4) is 0 Å². The number of hydrogen-bond donors (Lipinski definition) is 2. The number of nitrogens with one attached hydrogen (secondary N) is 1. The Labute approximate surface area is 169 Å². The summed E-state index contributed by atoms with van der Waals surface area (Å²) in [5, 5.41) is 3.63. The molecule has 26 heavy (non-hydrogen) atoms. The molecule has 2 aromatic carbocycles. The average Bonchev–Trinajstić information content (AvgIpc) is 3.40. The van der Waals surface area contributed by atoms with Gasteiger partial charge in [0.1, 0.15) is 0 Å². The third-order valence-electron chi connectivity index (χ3n) is 5.42. The van der Waals surface area contributed by atoms with Crippen molar-refractivity contribution in [3.63, 3.8) is 0 Å². The summed E-state index contributed by atoms with van der Waals surface area (Å²) in [6, 6.07) is 17.6. The van der Waals surface area contributed by atoms with E-state index in [0.29, 0.717) is 17.9 Å². The largest absolute Gasteiger partial charge is 0.398 e. The van der Waals surface area contributed by atoms with Crippen LogP contribution in [0, 0.1) is 11.8 Å². The maximum atomic E-state index is 6.18. The molecule has 1 saturated carbocycles. The number of nitrogens with zero attached hydrogens (tertiary/aromatic N) is 1. The molecule has 0 spiro atoms. The monoisotopic (exact) mass is 431 g/mol. The second kappa shape index (κ2) is 8.34. The number of rotatable bonds is 7. The molecule has 1 saturated heterocycles. The van der Waals surface area contributed by atoms with Crippen molar-refractivity contribution >= 4 is 33.6 Å². The number of hydrogen-bond acceptors (Lipinski definition) is 4. The van der Waals surface area contributed by atoms with Crippen molar-refractivity contribution in [2.24, 2.45) is 11.8 Å². The minimum absolute atomic E-state index is 0.681. The maximum absolute atomic E-state index is 6.18. The standard InChI is InChI=1S/C21H26BrN3S/c22-19-6-2-1-5-15(19)11-16-12-24-13-17(16)14-25(18-9-10-18)26-21-8-4-3-7-20(21)23/h1-8,16-18,24H,9-14,23H2/t16-,17?/m1/s1. The van der Waals surface area contributed by atoms with Gasteiger partial charge in [-0.2, -0.15) is 0 Å². The lowest BCUT2D eigenvalue weighted by atomic mass is 9.89. The van der Waals surface area contributed by atoms with E-state index in [-0.39, 0.29) is 0 Å². The molecule has 1 heterocycles. The third kappa shape index (κ3) is 4.45. The van der Waals surface area contributed by atoms with Gasteiger partial charge in [0.25, 0.3) is 0 Å². The number of halogens is 1. The van der Waals surface area contributed by atoms with Gasteiger partial charge in [-0.15, -0.1) is 0 Å². The summed E-state index contributed by atoms with van der Waals surface area (Å²) in [4.78, 5) is 1.19. The predicted molar refractivity (Wildman–Crippen MR) is 114 cm³/mol. The van der Waals surface area contributed by atoms with Gasteiger partial charge in [0.15, 0.2) is 0 Å². The highest BCUT2D eigenvalue weighted by Crippen LogP contribution is 2.39. The maximum Gasteiger partial charge on any atom is 0.0465 e. The Balaban J connectivity index is 1.43. The molecule has 2 atom stereocenters. The zero-order valence-corrected chi connectivity index (χ0v) is 17.3. The fraction of sp³-hybridized carbons (Fsp3) is 0.429. The SMILES string of the molecule is Nc1ccccc1SN(CC1CNC[C@H]1Cc1ccccc1Br)C1CC1. The van der Waals surface area contributed by atoms with Gasteiger partial charge in [-0.1, -0.05) is 46.3 Å². The van der Waals surface area contributed by atoms with Gasteiger partial charge < -0.3 is 11.1 Å². The number of benzene rings is 2. The van der Waals surface area contributed by atoms with Crippen LogP contribution in [0.2, 0.25) is 0 Å². The van der Waals surface area contributed by atoms with E-state index >= 15 is 0 Å². The van der Waals surface area contributed by atoms with E-state index < -0.39 is 0 Å². The number of nitrogen functional groups attached to an aromatic ring is 1. The molecule has 0 radical (unpaired) electrons. The van der Waals surface area contributed by atoms with Crippen LogP contribution >= 0.6 is 27.9 Å². The van der Waals surface area contributed by atoms with Crippen molar-refractivity contribution in [2.75, 3.05) is 25.4 Å². The molecule has 0 bridgehead atoms. The van der Waals surface area contributed by atoms with Crippen LogP contribution in [0.4, 0.5) is 5.69 Å². The summed E-state index contributed by atoms with van der Waals surface area (Å²) in [5.74, 6) is 1.36. The van der Waals surface area contributed by atoms with Gasteiger partial charge in [-0.3, -0.25) is 0 Å². The number of anilines is 1. The van der Waals surface area contributed by atoms with Gasteiger partial charge in [0.05, 0.1) is 0 Å². The Morgan fingerprint density at radius 3 is 2.54 bits per heavy atom. The van der Waals surface area contributed by atoms with E-state index in [1.807, 2.05) is 24.1 Å².